The van der Waals surface area contributed by atoms with Crippen molar-refractivity contribution < 1.29 is 9.59 Å². The third-order valence-electron chi connectivity index (χ3n) is 3.73. The van der Waals surface area contributed by atoms with Crippen molar-refractivity contribution in [1.29, 1.82) is 0 Å². The smallest absolute Gasteiger partial charge is 0.237 e. The van der Waals surface area contributed by atoms with Gasteiger partial charge < -0.3 is 0 Å². The van der Waals surface area contributed by atoms with Crippen LogP contribution in [-0.2, 0) is 21.4 Å². The lowest BCUT2D eigenvalue weighted by molar-refractivity contribution is -0.126. The lowest BCUT2D eigenvalue weighted by atomic mass is 9.69. The van der Waals surface area contributed by atoms with Gasteiger partial charge in [0.05, 0.1) is 5.41 Å². The normalized spacial score (nSPS) is 28.0. The molecule has 1 aromatic rings. The monoisotopic (exact) mass is 215 g/mol. The Hall–Kier alpha value is -1.64. The number of imide groups is 1. The first kappa shape index (κ1) is 9.58. The van der Waals surface area contributed by atoms with Gasteiger partial charge in [0.15, 0.2) is 0 Å². The molecule has 3 heteroatoms. The van der Waals surface area contributed by atoms with Crippen LogP contribution in [0.1, 0.15) is 30.4 Å². The van der Waals surface area contributed by atoms with Crippen LogP contribution in [-0.4, -0.2) is 11.8 Å². The van der Waals surface area contributed by atoms with E-state index in [1.165, 1.54) is 5.56 Å². The minimum absolute atomic E-state index is 0.107. The molecule has 1 aromatic carbocycles. The van der Waals surface area contributed by atoms with Crippen molar-refractivity contribution in [3.8, 4) is 0 Å². The molecule has 1 N–H and O–H groups in total. The molecule has 3 nitrogen and oxygen atoms in total. The molecular formula is C13H13NO2. The number of benzene rings is 1. The van der Waals surface area contributed by atoms with Crippen molar-refractivity contribution in [3.63, 3.8) is 0 Å². The number of hydrogen-bond acceptors (Lipinski definition) is 2. The summed E-state index contributed by atoms with van der Waals surface area (Å²) in [6, 6.07) is 7.99. The highest BCUT2D eigenvalue weighted by atomic mass is 16.2. The molecule has 3 rings (SSSR count). The fourth-order valence-corrected chi connectivity index (χ4v) is 2.98. The molecule has 0 saturated carbocycles. The van der Waals surface area contributed by atoms with Gasteiger partial charge in [-0.25, -0.2) is 0 Å². The minimum Gasteiger partial charge on any atom is -0.296 e. The number of aryl methyl sites for hydroxylation is 1. The molecule has 1 spiro atoms. The van der Waals surface area contributed by atoms with Gasteiger partial charge in [-0.1, -0.05) is 24.3 Å². The van der Waals surface area contributed by atoms with Crippen molar-refractivity contribution in [2.45, 2.75) is 31.1 Å². The van der Waals surface area contributed by atoms with E-state index in [0.717, 1.165) is 24.8 Å². The average Bonchev–Trinajstić information content (AvgIpc) is 2.55. The van der Waals surface area contributed by atoms with Crippen molar-refractivity contribution in [3.05, 3.63) is 35.4 Å². The third-order valence-corrected chi connectivity index (χ3v) is 3.73. The molecule has 0 aromatic heterocycles. The van der Waals surface area contributed by atoms with Crippen molar-refractivity contribution >= 4 is 11.8 Å². The Balaban J connectivity index is 2.17. The topological polar surface area (TPSA) is 46.2 Å². The van der Waals surface area contributed by atoms with Crippen LogP contribution in [0.3, 0.4) is 0 Å². The summed E-state index contributed by atoms with van der Waals surface area (Å²) in [6.07, 6.45) is 3.11. The first-order valence-corrected chi connectivity index (χ1v) is 5.65. The molecule has 1 aliphatic heterocycles. The van der Waals surface area contributed by atoms with E-state index in [1.807, 2.05) is 18.2 Å². The van der Waals surface area contributed by atoms with Gasteiger partial charge in [0.1, 0.15) is 0 Å². The molecule has 0 bridgehead atoms. The van der Waals surface area contributed by atoms with Crippen LogP contribution in [0.2, 0.25) is 0 Å². The lowest BCUT2D eigenvalue weighted by Gasteiger charge is -2.32. The highest BCUT2D eigenvalue weighted by Gasteiger charge is 2.49. The van der Waals surface area contributed by atoms with Crippen LogP contribution in [0.5, 0.6) is 0 Å². The molecule has 16 heavy (non-hydrogen) atoms. The Morgan fingerprint density at radius 2 is 2.00 bits per heavy atom. The Bertz CT molecular complexity index is 481. The van der Waals surface area contributed by atoms with E-state index in [-0.39, 0.29) is 11.8 Å². The number of rotatable bonds is 0. The maximum atomic E-state index is 12.0. The molecule has 2 aliphatic rings. The number of fused-ring (bicyclic) bond motifs is 2. The highest BCUT2D eigenvalue weighted by molar-refractivity contribution is 6.09. The second kappa shape index (κ2) is 3.17. The quantitative estimate of drug-likeness (QED) is 0.663. The maximum Gasteiger partial charge on any atom is 0.237 e. The molecule has 0 unspecified atom stereocenters. The molecule has 0 radical (unpaired) electrons. The number of hydrogen-bond donors (Lipinski definition) is 1. The summed E-state index contributed by atoms with van der Waals surface area (Å²) < 4.78 is 0. The fraction of sp³-hybridized carbons (Fsp3) is 0.385. The summed E-state index contributed by atoms with van der Waals surface area (Å²) in [7, 11) is 0. The van der Waals surface area contributed by atoms with Crippen LogP contribution in [0.25, 0.3) is 0 Å². The van der Waals surface area contributed by atoms with E-state index >= 15 is 0 Å². The van der Waals surface area contributed by atoms with Gasteiger partial charge in [0.25, 0.3) is 0 Å². The van der Waals surface area contributed by atoms with E-state index < -0.39 is 5.41 Å². The van der Waals surface area contributed by atoms with Crippen LogP contribution in [0.4, 0.5) is 0 Å². The summed E-state index contributed by atoms with van der Waals surface area (Å²) in [6.45, 7) is 0. The molecule has 1 aliphatic carbocycles. The van der Waals surface area contributed by atoms with Crippen molar-refractivity contribution in [2.75, 3.05) is 0 Å². The zero-order chi connectivity index (χ0) is 11.2. The first-order chi connectivity index (χ1) is 7.72. The van der Waals surface area contributed by atoms with Crippen LogP contribution >= 0.6 is 0 Å². The Kier molecular flexibility index (Phi) is 1.90. The molecule has 1 heterocycles. The zero-order valence-electron chi connectivity index (χ0n) is 8.95. The molecular weight excluding hydrogens is 202 g/mol. The predicted octanol–water partition coefficient (Wildman–Crippen LogP) is 1.31. The first-order valence-electron chi connectivity index (χ1n) is 5.65. The van der Waals surface area contributed by atoms with Gasteiger partial charge in [0.2, 0.25) is 11.8 Å². The van der Waals surface area contributed by atoms with E-state index in [0.29, 0.717) is 6.42 Å². The number of carbonyl (C=O) groups excluding carboxylic acids is 2. The Labute approximate surface area is 93.8 Å². The summed E-state index contributed by atoms with van der Waals surface area (Å²) >= 11 is 0. The highest BCUT2D eigenvalue weighted by Crippen LogP contribution is 2.42. The summed E-state index contributed by atoms with van der Waals surface area (Å²) in [5.74, 6) is -0.244. The van der Waals surface area contributed by atoms with Crippen molar-refractivity contribution in [1.82, 2.24) is 5.32 Å². The van der Waals surface area contributed by atoms with E-state index in [1.54, 1.807) is 0 Å². The largest absolute Gasteiger partial charge is 0.296 e. The van der Waals surface area contributed by atoms with E-state index in [4.69, 9.17) is 0 Å². The van der Waals surface area contributed by atoms with Crippen LogP contribution in [0.15, 0.2) is 24.3 Å². The van der Waals surface area contributed by atoms with Crippen LogP contribution < -0.4 is 5.32 Å². The summed E-state index contributed by atoms with van der Waals surface area (Å²) in [4.78, 5) is 23.4. The SMILES string of the molecule is O=C1C[C@]2(CCCc3ccccc32)C(=O)N1. The number of carbonyl (C=O) groups is 2. The zero-order valence-corrected chi connectivity index (χ0v) is 8.95. The Morgan fingerprint density at radius 3 is 2.75 bits per heavy atom. The van der Waals surface area contributed by atoms with Gasteiger partial charge in [0, 0.05) is 6.42 Å². The second-order valence-corrected chi connectivity index (χ2v) is 4.65. The summed E-state index contributed by atoms with van der Waals surface area (Å²) in [5, 5.41) is 2.44. The lowest BCUT2D eigenvalue weighted by Crippen LogP contribution is -2.38. The van der Waals surface area contributed by atoms with Gasteiger partial charge in [-0.2, -0.15) is 0 Å². The molecule has 1 atom stereocenters. The average molecular weight is 215 g/mol. The fourth-order valence-electron chi connectivity index (χ4n) is 2.98. The van der Waals surface area contributed by atoms with Gasteiger partial charge in [-0.15, -0.1) is 0 Å². The molecule has 82 valence electrons. The number of nitrogens with one attached hydrogen (secondary N) is 1. The standard InChI is InChI=1S/C13H13NO2/c15-11-8-13(12(16)14-11)7-3-5-9-4-1-2-6-10(9)13/h1-2,4,6H,3,5,7-8H2,(H,14,15,16)/t13-/m0/s1. The molecule has 1 fully saturated rings. The number of amides is 2. The molecule has 2 amide bonds. The van der Waals surface area contributed by atoms with E-state index in [9.17, 15) is 9.59 Å². The Morgan fingerprint density at radius 1 is 1.19 bits per heavy atom. The van der Waals surface area contributed by atoms with Gasteiger partial charge in [-0.3, -0.25) is 14.9 Å². The van der Waals surface area contributed by atoms with Gasteiger partial charge in [-0.05, 0) is 30.4 Å². The van der Waals surface area contributed by atoms with Gasteiger partial charge >= 0.3 is 0 Å². The molecule has 1 saturated heterocycles. The predicted molar refractivity (Wildman–Crippen MR) is 58.8 cm³/mol. The second-order valence-electron chi connectivity index (χ2n) is 4.65. The maximum absolute atomic E-state index is 12.0. The van der Waals surface area contributed by atoms with Crippen LogP contribution in [0, 0.1) is 0 Å². The van der Waals surface area contributed by atoms with Crippen molar-refractivity contribution in [2.24, 2.45) is 0 Å². The summed E-state index contributed by atoms with van der Waals surface area (Å²) in [5.41, 5.74) is 1.72. The third kappa shape index (κ3) is 1.14. The van der Waals surface area contributed by atoms with E-state index in [2.05, 4.69) is 11.4 Å². The minimum atomic E-state index is -0.564.